The van der Waals surface area contributed by atoms with Gasteiger partial charge in [0.1, 0.15) is 5.75 Å². The van der Waals surface area contributed by atoms with Crippen molar-refractivity contribution in [2.45, 2.75) is 30.4 Å². The van der Waals surface area contributed by atoms with Crippen LogP contribution in [0.15, 0.2) is 59.5 Å². The predicted molar refractivity (Wildman–Crippen MR) is 95.9 cm³/mol. The maximum atomic E-state index is 11.7. The number of nitrogens with one attached hydrogen (secondary N) is 1. The van der Waals surface area contributed by atoms with E-state index in [1.165, 1.54) is 10.5 Å². The zero-order valence-electron chi connectivity index (χ0n) is 13.5. The van der Waals surface area contributed by atoms with Gasteiger partial charge in [-0.3, -0.25) is 4.79 Å². The lowest BCUT2D eigenvalue weighted by atomic mass is 10.2. The van der Waals surface area contributed by atoms with E-state index in [1.54, 1.807) is 11.8 Å². The van der Waals surface area contributed by atoms with Crippen molar-refractivity contribution >= 4 is 17.7 Å². The molecular weight excluding hydrogens is 306 g/mol. The average Bonchev–Trinajstić information content (AvgIpc) is 2.59. The number of carbonyl (C=O) groups excluding carboxylic acids is 1. The molecule has 4 heteroatoms. The molecule has 0 aliphatic carbocycles. The molecule has 0 atom stereocenters. The Balaban J connectivity index is 1.74. The van der Waals surface area contributed by atoms with Crippen molar-refractivity contribution in [3.63, 3.8) is 0 Å². The Labute approximate surface area is 142 Å². The Bertz CT molecular complexity index is 584. The summed E-state index contributed by atoms with van der Waals surface area (Å²) in [5, 5.41) is 3.19. The summed E-state index contributed by atoms with van der Waals surface area (Å²) >= 11 is 1.79. The summed E-state index contributed by atoms with van der Waals surface area (Å²) < 4.78 is 5.34. The minimum absolute atomic E-state index is 0.172. The first-order valence-corrected chi connectivity index (χ1v) is 8.94. The number of rotatable bonds is 9. The van der Waals surface area contributed by atoms with Crippen LogP contribution in [0.3, 0.4) is 0 Å². The molecule has 1 N–H and O–H groups in total. The Morgan fingerprint density at radius 2 is 1.83 bits per heavy atom. The Kier molecular flexibility index (Phi) is 7.70. The fraction of sp³-hybridized carbons (Fsp3) is 0.316. The second-order valence-electron chi connectivity index (χ2n) is 5.18. The third-order valence-electron chi connectivity index (χ3n) is 3.29. The first-order valence-electron chi connectivity index (χ1n) is 7.96. The Morgan fingerprint density at radius 1 is 1.09 bits per heavy atom. The second-order valence-corrected chi connectivity index (χ2v) is 6.23. The molecule has 23 heavy (non-hydrogen) atoms. The molecule has 0 radical (unpaired) electrons. The third-order valence-corrected chi connectivity index (χ3v) is 4.37. The molecule has 0 aliphatic rings. The lowest BCUT2D eigenvalue weighted by Gasteiger charge is -2.06. The highest BCUT2D eigenvalue weighted by molar-refractivity contribution is 7.98. The van der Waals surface area contributed by atoms with E-state index in [4.69, 9.17) is 4.74 Å². The monoisotopic (exact) mass is 329 g/mol. The highest BCUT2D eigenvalue weighted by Crippen LogP contribution is 2.23. The number of hydrogen-bond acceptors (Lipinski definition) is 4. The Morgan fingerprint density at radius 3 is 2.52 bits per heavy atom. The van der Waals surface area contributed by atoms with Gasteiger partial charge in [-0.15, -0.1) is 11.8 Å². The van der Waals surface area contributed by atoms with Gasteiger partial charge in [0, 0.05) is 17.1 Å². The summed E-state index contributed by atoms with van der Waals surface area (Å²) in [6.07, 6.45) is 1.25. The van der Waals surface area contributed by atoms with E-state index in [0.29, 0.717) is 12.2 Å². The summed E-state index contributed by atoms with van der Waals surface area (Å²) in [6, 6.07) is 18.1. The van der Waals surface area contributed by atoms with Crippen LogP contribution >= 0.6 is 11.8 Å². The fourth-order valence-electron chi connectivity index (χ4n) is 2.05. The van der Waals surface area contributed by atoms with Crippen molar-refractivity contribution in [3.05, 3.63) is 60.2 Å². The smallest absolute Gasteiger partial charge is 0.311 e. The van der Waals surface area contributed by atoms with Gasteiger partial charge in [0.25, 0.3) is 0 Å². The number of esters is 1. The molecule has 2 rings (SSSR count). The molecule has 0 amide bonds. The minimum atomic E-state index is -0.172. The standard InChI is InChI=1S/C19H23NO2S/c1-2-20-14-6-9-19(21)22-17-12-10-16(11-13-17)15-23-18-7-4-3-5-8-18/h3-5,7-8,10-13,20H,2,6,9,14-15H2,1H3. The maximum absolute atomic E-state index is 11.7. The van der Waals surface area contributed by atoms with E-state index in [9.17, 15) is 4.79 Å². The molecule has 0 aromatic heterocycles. The summed E-state index contributed by atoms with van der Waals surface area (Å²) in [5.41, 5.74) is 1.21. The topological polar surface area (TPSA) is 38.3 Å². The van der Waals surface area contributed by atoms with Crippen LogP contribution in [0.2, 0.25) is 0 Å². The van der Waals surface area contributed by atoms with Crippen molar-refractivity contribution in [3.8, 4) is 5.75 Å². The van der Waals surface area contributed by atoms with E-state index >= 15 is 0 Å². The van der Waals surface area contributed by atoms with E-state index in [1.807, 2.05) is 42.5 Å². The summed E-state index contributed by atoms with van der Waals surface area (Å²) in [6.45, 7) is 3.83. The normalized spacial score (nSPS) is 10.5. The molecule has 2 aromatic carbocycles. The highest BCUT2D eigenvalue weighted by atomic mass is 32.2. The van der Waals surface area contributed by atoms with Gasteiger partial charge in [0.2, 0.25) is 0 Å². The zero-order valence-corrected chi connectivity index (χ0v) is 14.3. The molecule has 0 saturated carbocycles. The van der Waals surface area contributed by atoms with Crippen LogP contribution in [0.25, 0.3) is 0 Å². The zero-order chi connectivity index (χ0) is 16.3. The number of thioether (sulfide) groups is 1. The van der Waals surface area contributed by atoms with Gasteiger partial charge in [0.05, 0.1) is 0 Å². The van der Waals surface area contributed by atoms with Crippen molar-refractivity contribution in [2.75, 3.05) is 13.1 Å². The van der Waals surface area contributed by atoms with Gasteiger partial charge >= 0.3 is 5.97 Å². The molecule has 122 valence electrons. The SMILES string of the molecule is CCNCCCC(=O)Oc1ccc(CSc2ccccc2)cc1. The van der Waals surface area contributed by atoms with Crippen LogP contribution in [-0.4, -0.2) is 19.1 Å². The van der Waals surface area contributed by atoms with E-state index < -0.39 is 0 Å². The van der Waals surface area contributed by atoms with Crippen molar-refractivity contribution in [2.24, 2.45) is 0 Å². The van der Waals surface area contributed by atoms with Crippen LogP contribution in [0.4, 0.5) is 0 Å². The number of hydrogen-bond donors (Lipinski definition) is 1. The largest absolute Gasteiger partial charge is 0.427 e. The van der Waals surface area contributed by atoms with Gasteiger partial charge in [-0.2, -0.15) is 0 Å². The molecule has 0 unspecified atom stereocenters. The summed E-state index contributed by atoms with van der Waals surface area (Å²) in [5.74, 6) is 1.35. The second kappa shape index (κ2) is 10.1. The van der Waals surface area contributed by atoms with Crippen molar-refractivity contribution < 1.29 is 9.53 Å². The summed E-state index contributed by atoms with van der Waals surface area (Å²) in [7, 11) is 0. The number of benzene rings is 2. The van der Waals surface area contributed by atoms with Gasteiger partial charge < -0.3 is 10.1 Å². The molecular formula is C19H23NO2S. The van der Waals surface area contributed by atoms with Gasteiger partial charge in [-0.05, 0) is 49.3 Å². The van der Waals surface area contributed by atoms with Crippen LogP contribution < -0.4 is 10.1 Å². The molecule has 3 nitrogen and oxygen atoms in total. The molecule has 0 spiro atoms. The average molecular weight is 329 g/mol. The lowest BCUT2D eigenvalue weighted by molar-refractivity contribution is -0.134. The van der Waals surface area contributed by atoms with E-state index in [0.717, 1.165) is 25.3 Å². The number of carbonyl (C=O) groups is 1. The van der Waals surface area contributed by atoms with Crippen molar-refractivity contribution in [1.29, 1.82) is 0 Å². The molecule has 0 saturated heterocycles. The van der Waals surface area contributed by atoms with Crippen LogP contribution in [-0.2, 0) is 10.5 Å². The summed E-state index contributed by atoms with van der Waals surface area (Å²) in [4.78, 5) is 13.0. The Hall–Kier alpha value is -1.78. The fourth-order valence-corrected chi connectivity index (χ4v) is 2.93. The molecule has 0 fully saturated rings. The van der Waals surface area contributed by atoms with Crippen LogP contribution in [0.1, 0.15) is 25.3 Å². The first kappa shape index (κ1) is 17.6. The minimum Gasteiger partial charge on any atom is -0.427 e. The highest BCUT2D eigenvalue weighted by Gasteiger charge is 2.04. The number of ether oxygens (including phenoxy) is 1. The third kappa shape index (κ3) is 6.89. The van der Waals surface area contributed by atoms with Crippen molar-refractivity contribution in [1.82, 2.24) is 5.32 Å². The van der Waals surface area contributed by atoms with Gasteiger partial charge in [-0.25, -0.2) is 0 Å². The maximum Gasteiger partial charge on any atom is 0.311 e. The molecule has 0 heterocycles. The van der Waals surface area contributed by atoms with Gasteiger partial charge in [0.15, 0.2) is 0 Å². The van der Waals surface area contributed by atoms with Crippen LogP contribution in [0.5, 0.6) is 5.75 Å². The lowest BCUT2D eigenvalue weighted by Crippen LogP contribution is -2.16. The molecule has 0 bridgehead atoms. The van der Waals surface area contributed by atoms with Gasteiger partial charge in [-0.1, -0.05) is 37.3 Å². The molecule has 0 aliphatic heterocycles. The van der Waals surface area contributed by atoms with E-state index in [2.05, 4.69) is 24.4 Å². The predicted octanol–water partition coefficient (Wildman–Crippen LogP) is 4.27. The first-order chi connectivity index (χ1) is 11.3. The molecule has 2 aromatic rings. The van der Waals surface area contributed by atoms with E-state index in [-0.39, 0.29) is 5.97 Å². The quantitative estimate of drug-likeness (QED) is 0.323. The van der Waals surface area contributed by atoms with Crippen LogP contribution in [0, 0.1) is 0 Å².